The molecule has 0 amide bonds. The van der Waals surface area contributed by atoms with Gasteiger partial charge in [0.2, 0.25) is 0 Å². The van der Waals surface area contributed by atoms with Crippen LogP contribution in [0.3, 0.4) is 0 Å². The van der Waals surface area contributed by atoms with Gasteiger partial charge < -0.3 is 15.7 Å². The smallest absolute Gasteiger partial charge is 0.134 e. The minimum absolute atomic E-state index is 0.273. The minimum atomic E-state index is 0.273. The molecule has 0 unspecified atom stereocenters. The molecule has 0 aliphatic heterocycles. The van der Waals surface area contributed by atoms with Crippen molar-refractivity contribution < 1.29 is 5.11 Å². The lowest BCUT2D eigenvalue weighted by atomic mass is 10.0. The van der Waals surface area contributed by atoms with Crippen LogP contribution in [0.4, 0.5) is 11.6 Å². The molecule has 3 N–H and O–H groups in total. The molecule has 0 bridgehead atoms. The molecule has 19 heavy (non-hydrogen) atoms. The van der Waals surface area contributed by atoms with Crippen molar-refractivity contribution in [3.8, 4) is 0 Å². The molecule has 0 saturated heterocycles. The summed E-state index contributed by atoms with van der Waals surface area (Å²) in [5.41, 5.74) is 1.45. The molecule has 0 radical (unpaired) electrons. The van der Waals surface area contributed by atoms with E-state index in [1.807, 2.05) is 7.05 Å². The number of aromatic nitrogens is 2. The third kappa shape index (κ3) is 3.35. The number of nitrogens with one attached hydrogen (secondary N) is 2. The van der Waals surface area contributed by atoms with Crippen LogP contribution >= 0.6 is 0 Å². The van der Waals surface area contributed by atoms with Gasteiger partial charge in [0, 0.05) is 25.8 Å². The first-order valence-corrected chi connectivity index (χ1v) is 7.11. The first-order chi connectivity index (χ1) is 9.24. The average Bonchev–Trinajstić information content (AvgIpc) is 3.18. The summed E-state index contributed by atoms with van der Waals surface area (Å²) in [6.07, 6.45) is 6.91. The number of nitrogens with zero attached hydrogens (tertiary/aromatic N) is 2. The predicted octanol–water partition coefficient (Wildman–Crippen LogP) is 2.05. The molecule has 5 nitrogen and oxygen atoms in total. The first kappa shape index (κ1) is 14.1. The zero-order valence-electron chi connectivity index (χ0n) is 11.9. The molecule has 2 rings (SSSR count). The summed E-state index contributed by atoms with van der Waals surface area (Å²) in [7, 11) is 1.89. The van der Waals surface area contributed by atoms with E-state index in [1.54, 1.807) is 6.33 Å². The third-order valence-corrected chi connectivity index (χ3v) is 3.91. The van der Waals surface area contributed by atoms with Crippen LogP contribution in [0.1, 0.15) is 38.2 Å². The van der Waals surface area contributed by atoms with Gasteiger partial charge in [0.25, 0.3) is 0 Å². The van der Waals surface area contributed by atoms with E-state index in [0.717, 1.165) is 43.0 Å². The molecule has 1 aliphatic rings. The lowest BCUT2D eigenvalue weighted by Crippen LogP contribution is -2.19. The van der Waals surface area contributed by atoms with Crippen molar-refractivity contribution in [2.24, 2.45) is 5.41 Å². The fourth-order valence-electron chi connectivity index (χ4n) is 2.47. The van der Waals surface area contributed by atoms with E-state index in [-0.39, 0.29) is 6.61 Å². The molecule has 1 aromatic rings. The van der Waals surface area contributed by atoms with Crippen LogP contribution in [0.5, 0.6) is 0 Å². The molecule has 1 aromatic heterocycles. The van der Waals surface area contributed by atoms with E-state index in [4.69, 9.17) is 5.11 Å². The average molecular weight is 264 g/mol. The fourth-order valence-corrected chi connectivity index (χ4v) is 2.47. The van der Waals surface area contributed by atoms with Gasteiger partial charge >= 0.3 is 0 Å². The Labute approximate surface area is 114 Å². The Bertz CT molecular complexity index is 418. The minimum Gasteiger partial charge on any atom is -0.396 e. The Hall–Kier alpha value is -1.36. The number of hydrogen-bond donors (Lipinski definition) is 3. The Morgan fingerprint density at radius 3 is 2.63 bits per heavy atom. The van der Waals surface area contributed by atoms with Crippen molar-refractivity contribution in [3.05, 3.63) is 11.9 Å². The van der Waals surface area contributed by atoms with E-state index in [2.05, 4.69) is 27.5 Å². The number of rotatable bonds is 8. The lowest BCUT2D eigenvalue weighted by Gasteiger charge is -2.18. The van der Waals surface area contributed by atoms with Crippen LogP contribution in [-0.2, 0) is 6.42 Å². The van der Waals surface area contributed by atoms with Crippen LogP contribution in [0.2, 0.25) is 0 Å². The normalized spacial score (nSPS) is 16.2. The Balaban J connectivity index is 2.07. The second-order valence-electron chi connectivity index (χ2n) is 5.38. The van der Waals surface area contributed by atoms with Crippen LogP contribution in [0.15, 0.2) is 6.33 Å². The maximum Gasteiger partial charge on any atom is 0.134 e. The largest absolute Gasteiger partial charge is 0.396 e. The summed E-state index contributed by atoms with van der Waals surface area (Å²) in [5.74, 6) is 1.84. The van der Waals surface area contributed by atoms with Crippen molar-refractivity contribution in [1.82, 2.24) is 9.97 Å². The third-order valence-electron chi connectivity index (χ3n) is 3.91. The van der Waals surface area contributed by atoms with Gasteiger partial charge in [-0.25, -0.2) is 9.97 Å². The van der Waals surface area contributed by atoms with Gasteiger partial charge in [0.1, 0.15) is 18.0 Å². The van der Waals surface area contributed by atoms with E-state index in [0.29, 0.717) is 5.41 Å². The molecule has 1 saturated carbocycles. The Kier molecular flexibility index (Phi) is 4.58. The molecule has 1 heterocycles. The van der Waals surface area contributed by atoms with E-state index >= 15 is 0 Å². The maximum atomic E-state index is 9.10. The van der Waals surface area contributed by atoms with Crippen molar-refractivity contribution in [3.63, 3.8) is 0 Å². The topological polar surface area (TPSA) is 70.1 Å². The molecular weight excluding hydrogens is 240 g/mol. The Morgan fingerprint density at radius 2 is 2.05 bits per heavy atom. The fraction of sp³-hybridized carbons (Fsp3) is 0.714. The number of hydrogen-bond acceptors (Lipinski definition) is 5. The number of aliphatic hydroxyl groups is 1. The summed E-state index contributed by atoms with van der Waals surface area (Å²) >= 11 is 0. The standard InChI is InChI=1S/C14H24N4O/c1-3-4-11-12(15-2)17-10-18-13(11)16-9-14(5-6-14)7-8-19/h10,19H,3-9H2,1-2H3,(H2,15,16,17,18). The summed E-state index contributed by atoms with van der Waals surface area (Å²) in [4.78, 5) is 8.64. The molecule has 1 fully saturated rings. The highest BCUT2D eigenvalue weighted by Gasteiger charge is 2.41. The number of aliphatic hydroxyl groups excluding tert-OH is 1. The summed E-state index contributed by atoms with van der Waals surface area (Å²) < 4.78 is 0. The van der Waals surface area contributed by atoms with Gasteiger partial charge in [-0.15, -0.1) is 0 Å². The van der Waals surface area contributed by atoms with Gasteiger partial charge in [-0.05, 0) is 31.1 Å². The maximum absolute atomic E-state index is 9.10. The quantitative estimate of drug-likeness (QED) is 0.670. The van der Waals surface area contributed by atoms with Gasteiger partial charge in [0.15, 0.2) is 0 Å². The van der Waals surface area contributed by atoms with Crippen LogP contribution in [0, 0.1) is 5.41 Å². The molecular formula is C14H24N4O. The van der Waals surface area contributed by atoms with Gasteiger partial charge in [-0.1, -0.05) is 13.3 Å². The zero-order chi connectivity index (χ0) is 13.7. The summed E-state index contributed by atoms with van der Waals surface area (Å²) in [6.45, 7) is 3.32. The lowest BCUT2D eigenvalue weighted by molar-refractivity contribution is 0.253. The SMILES string of the molecule is CCCc1c(NC)ncnc1NCC1(CCO)CC1. The monoisotopic (exact) mass is 264 g/mol. The molecule has 5 heteroatoms. The molecule has 0 atom stereocenters. The molecule has 1 aliphatic carbocycles. The van der Waals surface area contributed by atoms with E-state index in [9.17, 15) is 0 Å². The summed E-state index contributed by atoms with van der Waals surface area (Å²) in [5, 5.41) is 15.7. The van der Waals surface area contributed by atoms with Crippen molar-refractivity contribution in [1.29, 1.82) is 0 Å². The van der Waals surface area contributed by atoms with Crippen molar-refractivity contribution >= 4 is 11.6 Å². The van der Waals surface area contributed by atoms with E-state index < -0.39 is 0 Å². The first-order valence-electron chi connectivity index (χ1n) is 7.11. The molecule has 0 spiro atoms. The van der Waals surface area contributed by atoms with Crippen molar-refractivity contribution in [2.75, 3.05) is 30.8 Å². The molecule has 0 aromatic carbocycles. The predicted molar refractivity (Wildman–Crippen MR) is 77.4 cm³/mol. The highest BCUT2D eigenvalue weighted by molar-refractivity contribution is 5.57. The zero-order valence-corrected chi connectivity index (χ0v) is 11.9. The second kappa shape index (κ2) is 6.19. The van der Waals surface area contributed by atoms with Crippen LogP contribution in [-0.4, -0.2) is 35.3 Å². The van der Waals surface area contributed by atoms with Crippen LogP contribution < -0.4 is 10.6 Å². The summed E-state index contributed by atoms with van der Waals surface area (Å²) in [6, 6.07) is 0. The Morgan fingerprint density at radius 1 is 1.32 bits per heavy atom. The van der Waals surface area contributed by atoms with E-state index in [1.165, 1.54) is 12.8 Å². The highest BCUT2D eigenvalue weighted by Crippen LogP contribution is 2.48. The highest BCUT2D eigenvalue weighted by atomic mass is 16.3. The van der Waals surface area contributed by atoms with Gasteiger partial charge in [-0.2, -0.15) is 0 Å². The van der Waals surface area contributed by atoms with Gasteiger partial charge in [0.05, 0.1) is 0 Å². The van der Waals surface area contributed by atoms with Crippen molar-refractivity contribution in [2.45, 2.75) is 39.0 Å². The second-order valence-corrected chi connectivity index (χ2v) is 5.38. The van der Waals surface area contributed by atoms with Gasteiger partial charge in [-0.3, -0.25) is 0 Å². The number of anilines is 2. The molecule has 106 valence electrons. The van der Waals surface area contributed by atoms with Crippen LogP contribution in [0.25, 0.3) is 0 Å².